The molecule has 3 nitrogen and oxygen atoms in total. The zero-order valence-electron chi connectivity index (χ0n) is 13.5. The van der Waals surface area contributed by atoms with E-state index < -0.39 is 5.60 Å². The molecule has 0 saturated heterocycles. The maximum Gasteiger partial charge on any atom is 0.323 e. The molecule has 0 spiro atoms. The highest BCUT2D eigenvalue weighted by atomic mass is 16.6. The van der Waals surface area contributed by atoms with E-state index in [2.05, 4.69) is 31.3 Å². The van der Waals surface area contributed by atoms with Gasteiger partial charge in [-0.3, -0.25) is 4.79 Å². The molecular formula is C17H27NO2. The van der Waals surface area contributed by atoms with Gasteiger partial charge < -0.3 is 10.1 Å². The van der Waals surface area contributed by atoms with Gasteiger partial charge in [0.1, 0.15) is 11.6 Å². The van der Waals surface area contributed by atoms with Gasteiger partial charge in [-0.05, 0) is 33.3 Å². The van der Waals surface area contributed by atoms with Gasteiger partial charge in [-0.15, -0.1) is 0 Å². The van der Waals surface area contributed by atoms with E-state index in [0.717, 1.165) is 6.54 Å². The minimum Gasteiger partial charge on any atom is -0.459 e. The molecule has 1 N–H and O–H groups in total. The van der Waals surface area contributed by atoms with Gasteiger partial charge in [0.2, 0.25) is 0 Å². The van der Waals surface area contributed by atoms with Gasteiger partial charge >= 0.3 is 5.97 Å². The summed E-state index contributed by atoms with van der Waals surface area (Å²) in [5.41, 5.74) is 0.781. The van der Waals surface area contributed by atoms with Crippen molar-refractivity contribution in [2.75, 3.05) is 6.54 Å². The number of nitrogens with one attached hydrogen (secondary N) is 1. The molecule has 1 aromatic carbocycles. The largest absolute Gasteiger partial charge is 0.459 e. The molecule has 1 rings (SSSR count). The third-order valence-electron chi connectivity index (χ3n) is 3.17. The van der Waals surface area contributed by atoms with Crippen LogP contribution in [0.1, 0.15) is 47.1 Å². The Bertz CT molecular complexity index is 432. The van der Waals surface area contributed by atoms with E-state index in [-0.39, 0.29) is 17.4 Å². The number of carbonyl (C=O) groups is 1. The second kappa shape index (κ2) is 6.40. The Balaban J connectivity index is 2.56. The average molecular weight is 277 g/mol. The van der Waals surface area contributed by atoms with Crippen molar-refractivity contribution in [2.45, 2.75) is 58.6 Å². The van der Waals surface area contributed by atoms with Crippen molar-refractivity contribution in [1.82, 2.24) is 5.32 Å². The quantitative estimate of drug-likeness (QED) is 0.839. The van der Waals surface area contributed by atoms with Crippen LogP contribution in [0.15, 0.2) is 30.3 Å². The first-order valence-corrected chi connectivity index (χ1v) is 7.13. The fraction of sp³-hybridized carbons (Fsp3) is 0.588. The minimum absolute atomic E-state index is 0.0302. The summed E-state index contributed by atoms with van der Waals surface area (Å²) >= 11 is 0. The summed E-state index contributed by atoms with van der Waals surface area (Å²) in [5, 5.41) is 3.27. The first kappa shape index (κ1) is 16.7. The molecule has 0 amide bonds. The second-order valence-electron chi connectivity index (χ2n) is 6.89. The van der Waals surface area contributed by atoms with E-state index in [1.54, 1.807) is 0 Å². The van der Waals surface area contributed by atoms with Crippen LogP contribution < -0.4 is 5.32 Å². The molecule has 3 heteroatoms. The third kappa shape index (κ3) is 5.33. The topological polar surface area (TPSA) is 38.3 Å². The highest BCUT2D eigenvalue weighted by Crippen LogP contribution is 2.22. The van der Waals surface area contributed by atoms with Crippen LogP contribution >= 0.6 is 0 Å². The lowest BCUT2D eigenvalue weighted by Gasteiger charge is -2.28. The molecule has 0 radical (unpaired) electrons. The summed E-state index contributed by atoms with van der Waals surface area (Å²) < 4.78 is 5.37. The molecule has 0 fully saturated rings. The highest BCUT2D eigenvalue weighted by molar-refractivity contribution is 5.75. The number of ether oxygens (including phenoxy) is 1. The van der Waals surface area contributed by atoms with E-state index in [9.17, 15) is 4.79 Å². The van der Waals surface area contributed by atoms with E-state index in [1.807, 2.05) is 45.9 Å². The zero-order valence-corrected chi connectivity index (χ0v) is 13.5. The number of carbonyl (C=O) groups excluding carboxylic acids is 1. The summed E-state index contributed by atoms with van der Waals surface area (Å²) in [5.74, 6) is -0.207. The number of esters is 1. The fourth-order valence-electron chi connectivity index (χ4n) is 1.87. The normalized spacial score (nSPS) is 13.9. The van der Waals surface area contributed by atoms with E-state index in [4.69, 9.17) is 4.74 Å². The summed E-state index contributed by atoms with van der Waals surface area (Å²) in [6, 6.07) is 10.00. The monoisotopic (exact) mass is 277 g/mol. The molecule has 0 bridgehead atoms. The van der Waals surface area contributed by atoms with Gasteiger partial charge in [0.25, 0.3) is 0 Å². The highest BCUT2D eigenvalue weighted by Gasteiger charge is 2.25. The summed E-state index contributed by atoms with van der Waals surface area (Å²) in [4.78, 5) is 11.9. The van der Waals surface area contributed by atoms with Crippen LogP contribution in [0.5, 0.6) is 0 Å². The van der Waals surface area contributed by atoms with Crippen molar-refractivity contribution in [3.05, 3.63) is 35.9 Å². The zero-order chi connectivity index (χ0) is 15.4. The predicted octanol–water partition coefficient (Wildman–Crippen LogP) is 3.28. The molecule has 0 aliphatic carbocycles. The van der Waals surface area contributed by atoms with Gasteiger partial charge in [-0.2, -0.15) is 0 Å². The molecule has 0 aromatic heterocycles. The van der Waals surface area contributed by atoms with Crippen LogP contribution in [0, 0.1) is 0 Å². The molecule has 0 unspecified atom stereocenters. The minimum atomic E-state index is -0.442. The lowest BCUT2D eigenvalue weighted by molar-refractivity contribution is -0.157. The molecule has 0 saturated carbocycles. The van der Waals surface area contributed by atoms with Crippen LogP contribution in [0.4, 0.5) is 0 Å². The number of rotatable bonds is 5. The molecule has 20 heavy (non-hydrogen) atoms. The Morgan fingerprint density at radius 3 is 2.20 bits per heavy atom. The molecule has 112 valence electrons. The third-order valence-corrected chi connectivity index (χ3v) is 3.17. The Morgan fingerprint density at radius 1 is 1.15 bits per heavy atom. The fourth-order valence-corrected chi connectivity index (χ4v) is 1.87. The Morgan fingerprint density at radius 2 is 1.70 bits per heavy atom. The van der Waals surface area contributed by atoms with Gasteiger partial charge in [0.05, 0.1) is 0 Å². The van der Waals surface area contributed by atoms with Crippen molar-refractivity contribution < 1.29 is 9.53 Å². The van der Waals surface area contributed by atoms with Crippen LogP contribution in [0.25, 0.3) is 0 Å². The van der Waals surface area contributed by atoms with E-state index in [0.29, 0.717) is 0 Å². The molecule has 0 heterocycles. The van der Waals surface area contributed by atoms with Gasteiger partial charge in [0.15, 0.2) is 0 Å². The lowest BCUT2D eigenvalue weighted by atomic mass is 9.84. The number of hydrogen-bond acceptors (Lipinski definition) is 3. The van der Waals surface area contributed by atoms with Gasteiger partial charge in [-0.25, -0.2) is 0 Å². The van der Waals surface area contributed by atoms with Crippen molar-refractivity contribution in [2.24, 2.45) is 0 Å². The standard InChI is InChI=1S/C17H27NO2/c1-13(15(19)20-16(2,3)4)18-12-17(5,6)14-10-8-7-9-11-14/h7-11,13,18H,12H2,1-6H3/t13-/m0/s1. The Hall–Kier alpha value is -1.35. The van der Waals surface area contributed by atoms with Gasteiger partial charge in [-0.1, -0.05) is 44.2 Å². The number of benzene rings is 1. The van der Waals surface area contributed by atoms with Crippen molar-refractivity contribution in [3.8, 4) is 0 Å². The maximum atomic E-state index is 11.9. The van der Waals surface area contributed by atoms with E-state index in [1.165, 1.54) is 5.56 Å². The molecule has 1 aromatic rings. The molecular weight excluding hydrogens is 250 g/mol. The Labute approximate surface area is 122 Å². The second-order valence-corrected chi connectivity index (χ2v) is 6.89. The SMILES string of the molecule is C[C@H](NCC(C)(C)c1ccccc1)C(=O)OC(C)(C)C. The Kier molecular flexibility index (Phi) is 5.35. The molecule has 0 aliphatic heterocycles. The van der Waals surface area contributed by atoms with Crippen LogP contribution in [-0.4, -0.2) is 24.2 Å². The van der Waals surface area contributed by atoms with Crippen LogP contribution in [0.3, 0.4) is 0 Å². The smallest absolute Gasteiger partial charge is 0.323 e. The van der Waals surface area contributed by atoms with Crippen LogP contribution in [0.2, 0.25) is 0 Å². The first-order valence-electron chi connectivity index (χ1n) is 7.13. The first-order chi connectivity index (χ1) is 9.12. The molecule has 1 atom stereocenters. The molecule has 0 aliphatic rings. The summed E-state index contributed by atoms with van der Waals surface area (Å²) in [7, 11) is 0. The lowest BCUT2D eigenvalue weighted by Crippen LogP contribution is -2.44. The van der Waals surface area contributed by atoms with E-state index >= 15 is 0 Å². The summed E-state index contributed by atoms with van der Waals surface area (Å²) in [6.07, 6.45) is 0. The van der Waals surface area contributed by atoms with Crippen LogP contribution in [-0.2, 0) is 14.9 Å². The summed E-state index contributed by atoms with van der Waals surface area (Å²) in [6.45, 7) is 12.5. The van der Waals surface area contributed by atoms with Gasteiger partial charge in [0, 0.05) is 12.0 Å². The van der Waals surface area contributed by atoms with Crippen molar-refractivity contribution in [3.63, 3.8) is 0 Å². The van der Waals surface area contributed by atoms with Crippen molar-refractivity contribution >= 4 is 5.97 Å². The maximum absolute atomic E-state index is 11.9. The van der Waals surface area contributed by atoms with Crippen molar-refractivity contribution in [1.29, 1.82) is 0 Å². The average Bonchev–Trinajstić information content (AvgIpc) is 2.35. The number of hydrogen-bond donors (Lipinski definition) is 1. The predicted molar refractivity (Wildman–Crippen MR) is 82.8 cm³/mol.